The lowest BCUT2D eigenvalue weighted by Crippen LogP contribution is -2.18. The Bertz CT molecular complexity index is 337. The van der Waals surface area contributed by atoms with Gasteiger partial charge in [-0.05, 0) is 12.0 Å². The Morgan fingerprint density at radius 3 is 2.20 bits per heavy atom. The lowest BCUT2D eigenvalue weighted by Gasteiger charge is -2.17. The van der Waals surface area contributed by atoms with Crippen LogP contribution in [-0.2, 0) is 0 Å². The van der Waals surface area contributed by atoms with Crippen LogP contribution in [0.25, 0.3) is 0 Å². The Morgan fingerprint density at radius 1 is 1.20 bits per heavy atom. The summed E-state index contributed by atoms with van der Waals surface area (Å²) in [5, 5.41) is 0. The molecule has 1 nitrogen and oxygen atoms in total. The first kappa shape index (κ1) is 12.0. The summed E-state index contributed by atoms with van der Waals surface area (Å²) in [5.41, 5.74) is 5.71. The highest BCUT2D eigenvalue weighted by molar-refractivity contribution is 5.27. The molecule has 0 spiro atoms. The van der Waals surface area contributed by atoms with Gasteiger partial charge < -0.3 is 5.73 Å². The number of rotatable bonds is 3. The van der Waals surface area contributed by atoms with Crippen molar-refractivity contribution in [1.82, 2.24) is 0 Å². The Hall–Kier alpha value is -1.03. The van der Waals surface area contributed by atoms with Gasteiger partial charge in [0.05, 0.1) is 0 Å². The summed E-state index contributed by atoms with van der Waals surface area (Å²) < 4.78 is 37.9. The van der Waals surface area contributed by atoms with Crippen LogP contribution in [0.4, 0.5) is 13.2 Å². The van der Waals surface area contributed by atoms with Crippen molar-refractivity contribution >= 4 is 0 Å². The topological polar surface area (TPSA) is 26.0 Å². The first-order valence-electron chi connectivity index (χ1n) is 4.76. The SMILES string of the molecule is CC(C)[C@H](N)c1ccc(C(F)F)cc1F. The molecule has 0 aliphatic heterocycles. The first-order valence-corrected chi connectivity index (χ1v) is 4.76. The fraction of sp³-hybridized carbons (Fsp3) is 0.455. The van der Waals surface area contributed by atoms with Crippen molar-refractivity contribution in [1.29, 1.82) is 0 Å². The van der Waals surface area contributed by atoms with Crippen molar-refractivity contribution in [3.05, 3.63) is 35.1 Å². The number of benzene rings is 1. The molecule has 0 heterocycles. The molecule has 0 bridgehead atoms. The van der Waals surface area contributed by atoms with Gasteiger partial charge in [-0.2, -0.15) is 0 Å². The lowest BCUT2D eigenvalue weighted by molar-refractivity contribution is 0.151. The molecule has 0 saturated carbocycles. The summed E-state index contributed by atoms with van der Waals surface area (Å²) in [7, 11) is 0. The summed E-state index contributed by atoms with van der Waals surface area (Å²) in [6, 6.07) is 2.94. The largest absolute Gasteiger partial charge is 0.324 e. The van der Waals surface area contributed by atoms with Crippen LogP contribution < -0.4 is 5.73 Å². The molecule has 84 valence electrons. The molecular weight excluding hydrogens is 203 g/mol. The molecule has 1 aromatic carbocycles. The minimum atomic E-state index is -2.65. The number of halogens is 3. The zero-order chi connectivity index (χ0) is 11.6. The molecule has 15 heavy (non-hydrogen) atoms. The molecule has 0 amide bonds. The van der Waals surface area contributed by atoms with Gasteiger partial charge in [-0.1, -0.05) is 26.0 Å². The van der Waals surface area contributed by atoms with Gasteiger partial charge in [0.25, 0.3) is 6.43 Å². The highest BCUT2D eigenvalue weighted by Gasteiger charge is 2.17. The molecule has 0 unspecified atom stereocenters. The van der Waals surface area contributed by atoms with E-state index in [9.17, 15) is 13.2 Å². The van der Waals surface area contributed by atoms with Crippen LogP contribution in [0, 0.1) is 11.7 Å². The monoisotopic (exact) mass is 217 g/mol. The minimum Gasteiger partial charge on any atom is -0.324 e. The molecule has 0 aliphatic rings. The third-order valence-corrected chi connectivity index (χ3v) is 2.35. The van der Waals surface area contributed by atoms with Gasteiger partial charge in [-0.3, -0.25) is 0 Å². The Labute approximate surface area is 87.1 Å². The van der Waals surface area contributed by atoms with Crippen molar-refractivity contribution in [2.75, 3.05) is 0 Å². The van der Waals surface area contributed by atoms with Crippen LogP contribution in [0.3, 0.4) is 0 Å². The molecule has 1 aromatic rings. The fourth-order valence-corrected chi connectivity index (χ4v) is 1.31. The van der Waals surface area contributed by atoms with Crippen molar-refractivity contribution < 1.29 is 13.2 Å². The number of alkyl halides is 2. The van der Waals surface area contributed by atoms with E-state index in [1.54, 1.807) is 0 Å². The maximum Gasteiger partial charge on any atom is 0.263 e. The van der Waals surface area contributed by atoms with E-state index in [0.717, 1.165) is 6.07 Å². The molecule has 0 aliphatic carbocycles. The standard InChI is InChI=1S/C11H14F3N/c1-6(2)10(15)8-4-3-7(11(13)14)5-9(8)12/h3-6,10-11H,15H2,1-2H3/t10-/m0/s1. The van der Waals surface area contributed by atoms with Crippen LogP contribution in [0.15, 0.2) is 18.2 Å². The van der Waals surface area contributed by atoms with Gasteiger partial charge >= 0.3 is 0 Å². The maximum absolute atomic E-state index is 13.4. The lowest BCUT2D eigenvalue weighted by atomic mass is 9.96. The van der Waals surface area contributed by atoms with E-state index in [0.29, 0.717) is 0 Å². The second-order valence-corrected chi connectivity index (χ2v) is 3.85. The zero-order valence-corrected chi connectivity index (χ0v) is 8.68. The number of hydrogen-bond donors (Lipinski definition) is 1. The van der Waals surface area contributed by atoms with Gasteiger partial charge in [0.1, 0.15) is 5.82 Å². The van der Waals surface area contributed by atoms with Crippen LogP contribution >= 0.6 is 0 Å². The minimum absolute atomic E-state index is 0.0666. The summed E-state index contributed by atoms with van der Waals surface area (Å²) in [4.78, 5) is 0. The third-order valence-electron chi connectivity index (χ3n) is 2.35. The molecule has 2 N–H and O–H groups in total. The van der Waals surface area contributed by atoms with Crippen molar-refractivity contribution in [2.45, 2.75) is 26.3 Å². The van der Waals surface area contributed by atoms with Gasteiger partial charge in [0.15, 0.2) is 0 Å². The average Bonchev–Trinajstić information content (AvgIpc) is 2.16. The van der Waals surface area contributed by atoms with Crippen LogP contribution in [0.5, 0.6) is 0 Å². The second-order valence-electron chi connectivity index (χ2n) is 3.85. The van der Waals surface area contributed by atoms with Crippen LogP contribution in [0.1, 0.15) is 37.4 Å². The highest BCUT2D eigenvalue weighted by atomic mass is 19.3. The van der Waals surface area contributed by atoms with E-state index >= 15 is 0 Å². The normalized spacial score (nSPS) is 13.6. The molecular formula is C11H14F3N. The average molecular weight is 217 g/mol. The quantitative estimate of drug-likeness (QED) is 0.824. The molecule has 4 heteroatoms. The van der Waals surface area contributed by atoms with E-state index in [1.165, 1.54) is 12.1 Å². The van der Waals surface area contributed by atoms with Crippen LogP contribution in [-0.4, -0.2) is 0 Å². The van der Waals surface area contributed by atoms with E-state index in [2.05, 4.69) is 0 Å². The van der Waals surface area contributed by atoms with E-state index in [1.807, 2.05) is 13.8 Å². The molecule has 0 fully saturated rings. The summed E-state index contributed by atoms with van der Waals surface area (Å²) in [6.45, 7) is 3.70. The highest BCUT2D eigenvalue weighted by Crippen LogP contribution is 2.26. The predicted molar refractivity (Wildman–Crippen MR) is 53.1 cm³/mol. The Morgan fingerprint density at radius 2 is 1.80 bits per heavy atom. The summed E-state index contributed by atoms with van der Waals surface area (Å²) >= 11 is 0. The summed E-state index contributed by atoms with van der Waals surface area (Å²) in [5.74, 6) is -0.592. The molecule has 0 radical (unpaired) electrons. The molecule has 1 rings (SSSR count). The van der Waals surface area contributed by atoms with Crippen molar-refractivity contribution in [3.8, 4) is 0 Å². The predicted octanol–water partition coefficient (Wildman–Crippen LogP) is 3.42. The maximum atomic E-state index is 13.4. The Kier molecular flexibility index (Phi) is 3.74. The second kappa shape index (κ2) is 4.66. The first-order chi connectivity index (χ1) is 6.93. The van der Waals surface area contributed by atoms with Gasteiger partial charge in [0, 0.05) is 17.2 Å². The fourth-order valence-electron chi connectivity index (χ4n) is 1.31. The van der Waals surface area contributed by atoms with E-state index < -0.39 is 18.3 Å². The van der Waals surface area contributed by atoms with Crippen LogP contribution in [0.2, 0.25) is 0 Å². The van der Waals surface area contributed by atoms with E-state index in [-0.39, 0.29) is 17.0 Å². The number of hydrogen-bond acceptors (Lipinski definition) is 1. The Balaban J connectivity index is 3.03. The van der Waals surface area contributed by atoms with Gasteiger partial charge in [-0.25, -0.2) is 13.2 Å². The molecule has 0 saturated heterocycles. The van der Waals surface area contributed by atoms with Gasteiger partial charge in [0.2, 0.25) is 0 Å². The smallest absolute Gasteiger partial charge is 0.263 e. The molecule has 1 atom stereocenters. The van der Waals surface area contributed by atoms with E-state index in [4.69, 9.17) is 5.73 Å². The van der Waals surface area contributed by atoms with Gasteiger partial charge in [-0.15, -0.1) is 0 Å². The molecule has 0 aromatic heterocycles. The number of nitrogens with two attached hydrogens (primary N) is 1. The zero-order valence-electron chi connectivity index (χ0n) is 8.68. The van der Waals surface area contributed by atoms with Crippen molar-refractivity contribution in [3.63, 3.8) is 0 Å². The summed E-state index contributed by atoms with van der Waals surface area (Å²) in [6.07, 6.45) is -2.65. The third kappa shape index (κ3) is 2.72. The van der Waals surface area contributed by atoms with Crippen molar-refractivity contribution in [2.24, 2.45) is 11.7 Å².